The Labute approximate surface area is 130 Å². The van der Waals surface area contributed by atoms with E-state index in [0.29, 0.717) is 0 Å². The normalized spacial score (nSPS) is 16.0. The molecule has 0 aromatic carbocycles. The SMILES string of the molecule is Cc1nc(-c2ccncc2)cc(N2CCN(CCO)CC2)n1. The number of anilines is 1. The summed E-state index contributed by atoms with van der Waals surface area (Å²) in [7, 11) is 0. The predicted octanol–water partition coefficient (Wildman–Crippen LogP) is 0.961. The van der Waals surface area contributed by atoms with Gasteiger partial charge in [-0.15, -0.1) is 0 Å². The van der Waals surface area contributed by atoms with E-state index in [1.165, 1.54) is 0 Å². The molecule has 0 spiro atoms. The summed E-state index contributed by atoms with van der Waals surface area (Å²) in [5, 5.41) is 9.02. The van der Waals surface area contributed by atoms with Crippen LogP contribution < -0.4 is 4.90 Å². The molecule has 6 heteroatoms. The summed E-state index contributed by atoms with van der Waals surface area (Å²) in [6.45, 7) is 6.65. The topological polar surface area (TPSA) is 65.4 Å². The highest BCUT2D eigenvalue weighted by Gasteiger charge is 2.18. The van der Waals surface area contributed by atoms with Gasteiger partial charge in [0.25, 0.3) is 0 Å². The second-order valence-corrected chi connectivity index (χ2v) is 5.45. The maximum absolute atomic E-state index is 9.02. The number of aromatic nitrogens is 3. The summed E-state index contributed by atoms with van der Waals surface area (Å²) in [6.07, 6.45) is 3.56. The number of aryl methyl sites for hydroxylation is 1. The van der Waals surface area contributed by atoms with Crippen molar-refractivity contribution >= 4 is 5.82 Å². The van der Waals surface area contributed by atoms with Gasteiger partial charge in [-0.25, -0.2) is 9.97 Å². The fourth-order valence-corrected chi connectivity index (χ4v) is 2.73. The quantitative estimate of drug-likeness (QED) is 0.907. The highest BCUT2D eigenvalue weighted by Crippen LogP contribution is 2.22. The van der Waals surface area contributed by atoms with Crippen LogP contribution in [0.1, 0.15) is 5.82 Å². The van der Waals surface area contributed by atoms with Crippen LogP contribution in [0.3, 0.4) is 0 Å². The maximum Gasteiger partial charge on any atom is 0.132 e. The molecule has 0 aliphatic carbocycles. The van der Waals surface area contributed by atoms with Gasteiger partial charge >= 0.3 is 0 Å². The molecule has 22 heavy (non-hydrogen) atoms. The van der Waals surface area contributed by atoms with Crippen molar-refractivity contribution < 1.29 is 5.11 Å². The predicted molar refractivity (Wildman–Crippen MR) is 85.7 cm³/mol. The van der Waals surface area contributed by atoms with Crippen molar-refractivity contribution in [3.05, 3.63) is 36.4 Å². The summed E-state index contributed by atoms with van der Waals surface area (Å²) in [5.41, 5.74) is 1.99. The van der Waals surface area contributed by atoms with Crippen LogP contribution in [0, 0.1) is 6.92 Å². The summed E-state index contributed by atoms with van der Waals surface area (Å²) in [5.74, 6) is 1.75. The van der Waals surface area contributed by atoms with E-state index in [9.17, 15) is 0 Å². The van der Waals surface area contributed by atoms with Crippen LogP contribution in [-0.2, 0) is 0 Å². The summed E-state index contributed by atoms with van der Waals surface area (Å²) in [6, 6.07) is 5.97. The molecule has 0 amide bonds. The molecule has 2 aromatic heterocycles. The van der Waals surface area contributed by atoms with Gasteiger partial charge in [0.1, 0.15) is 11.6 Å². The highest BCUT2D eigenvalue weighted by atomic mass is 16.3. The van der Waals surface area contributed by atoms with Gasteiger partial charge in [-0.3, -0.25) is 9.88 Å². The fraction of sp³-hybridized carbons (Fsp3) is 0.438. The second kappa shape index (κ2) is 6.81. The highest BCUT2D eigenvalue weighted by molar-refractivity contribution is 5.62. The molecule has 0 radical (unpaired) electrons. The van der Waals surface area contributed by atoms with Crippen molar-refractivity contribution in [2.75, 3.05) is 44.2 Å². The lowest BCUT2D eigenvalue weighted by molar-refractivity contribution is 0.188. The molecule has 0 atom stereocenters. The van der Waals surface area contributed by atoms with E-state index >= 15 is 0 Å². The van der Waals surface area contributed by atoms with E-state index in [2.05, 4.69) is 24.8 Å². The number of hydrogen-bond acceptors (Lipinski definition) is 6. The molecule has 2 aromatic rings. The van der Waals surface area contributed by atoms with Gasteiger partial charge in [0, 0.05) is 56.7 Å². The Morgan fingerprint density at radius 1 is 1.09 bits per heavy atom. The average Bonchev–Trinajstić information content (AvgIpc) is 2.56. The van der Waals surface area contributed by atoms with E-state index in [-0.39, 0.29) is 6.61 Å². The standard InChI is InChI=1S/C16H21N5O/c1-13-18-15(14-2-4-17-5-3-14)12-16(19-13)21-8-6-20(7-9-21)10-11-22/h2-5,12,22H,6-11H2,1H3. The van der Waals surface area contributed by atoms with Gasteiger partial charge in [-0.1, -0.05) is 0 Å². The average molecular weight is 299 g/mol. The number of pyridine rings is 1. The Kier molecular flexibility index (Phi) is 4.60. The number of piperazine rings is 1. The summed E-state index contributed by atoms with van der Waals surface area (Å²) >= 11 is 0. The Morgan fingerprint density at radius 3 is 2.50 bits per heavy atom. The van der Waals surface area contributed by atoms with E-state index < -0.39 is 0 Å². The zero-order chi connectivity index (χ0) is 15.4. The molecular weight excluding hydrogens is 278 g/mol. The fourth-order valence-electron chi connectivity index (χ4n) is 2.73. The number of aliphatic hydroxyl groups is 1. The monoisotopic (exact) mass is 299 g/mol. The van der Waals surface area contributed by atoms with Crippen LogP contribution in [0.25, 0.3) is 11.3 Å². The molecule has 6 nitrogen and oxygen atoms in total. The number of rotatable bonds is 4. The smallest absolute Gasteiger partial charge is 0.132 e. The number of hydrogen-bond donors (Lipinski definition) is 1. The number of β-amino-alcohol motifs (C(OH)–C–C–N with tert-alkyl or cyclic N) is 1. The number of aliphatic hydroxyl groups excluding tert-OH is 1. The molecule has 0 unspecified atom stereocenters. The molecule has 3 rings (SSSR count). The zero-order valence-corrected chi connectivity index (χ0v) is 12.8. The van der Waals surface area contributed by atoms with Crippen molar-refractivity contribution in [3.8, 4) is 11.3 Å². The van der Waals surface area contributed by atoms with Crippen LogP contribution in [-0.4, -0.2) is 64.3 Å². The molecule has 1 saturated heterocycles. The third-order valence-corrected chi connectivity index (χ3v) is 3.91. The van der Waals surface area contributed by atoms with Crippen molar-refractivity contribution in [1.29, 1.82) is 0 Å². The minimum absolute atomic E-state index is 0.221. The largest absolute Gasteiger partial charge is 0.395 e. The van der Waals surface area contributed by atoms with E-state index in [4.69, 9.17) is 5.11 Å². The Morgan fingerprint density at radius 2 is 1.82 bits per heavy atom. The van der Waals surface area contributed by atoms with Crippen LogP contribution in [0.4, 0.5) is 5.82 Å². The summed E-state index contributed by atoms with van der Waals surface area (Å²) < 4.78 is 0. The molecule has 1 N–H and O–H groups in total. The van der Waals surface area contributed by atoms with E-state index in [0.717, 1.165) is 55.6 Å². The molecule has 0 bridgehead atoms. The lowest BCUT2D eigenvalue weighted by atomic mass is 10.2. The molecular formula is C16H21N5O. The number of nitrogens with zero attached hydrogens (tertiary/aromatic N) is 5. The third kappa shape index (κ3) is 3.40. The molecule has 1 aliphatic rings. The van der Waals surface area contributed by atoms with Crippen LogP contribution >= 0.6 is 0 Å². The first-order valence-electron chi connectivity index (χ1n) is 7.60. The van der Waals surface area contributed by atoms with Gasteiger partial charge in [-0.2, -0.15) is 0 Å². The van der Waals surface area contributed by atoms with Crippen molar-refractivity contribution in [2.24, 2.45) is 0 Å². The van der Waals surface area contributed by atoms with Gasteiger partial charge in [0.2, 0.25) is 0 Å². The van der Waals surface area contributed by atoms with Crippen LogP contribution in [0.2, 0.25) is 0 Å². The van der Waals surface area contributed by atoms with Gasteiger partial charge in [-0.05, 0) is 19.1 Å². The lowest BCUT2D eigenvalue weighted by Gasteiger charge is -2.35. The third-order valence-electron chi connectivity index (χ3n) is 3.91. The molecule has 1 fully saturated rings. The van der Waals surface area contributed by atoms with E-state index in [1.54, 1.807) is 12.4 Å². The van der Waals surface area contributed by atoms with Gasteiger partial charge < -0.3 is 10.0 Å². The Balaban J connectivity index is 1.79. The maximum atomic E-state index is 9.02. The van der Waals surface area contributed by atoms with Gasteiger partial charge in [0.15, 0.2) is 0 Å². The Bertz CT molecular complexity index is 611. The first-order valence-corrected chi connectivity index (χ1v) is 7.60. The molecule has 1 aliphatic heterocycles. The molecule has 3 heterocycles. The first kappa shape index (κ1) is 14.9. The lowest BCUT2D eigenvalue weighted by Crippen LogP contribution is -2.47. The van der Waals surface area contributed by atoms with Crippen molar-refractivity contribution in [1.82, 2.24) is 19.9 Å². The Hall–Kier alpha value is -2.05. The van der Waals surface area contributed by atoms with Crippen molar-refractivity contribution in [3.63, 3.8) is 0 Å². The summed E-state index contributed by atoms with van der Waals surface area (Å²) in [4.78, 5) is 17.7. The second-order valence-electron chi connectivity index (χ2n) is 5.45. The molecule has 116 valence electrons. The van der Waals surface area contributed by atoms with Crippen LogP contribution in [0.15, 0.2) is 30.6 Å². The zero-order valence-electron chi connectivity index (χ0n) is 12.8. The minimum Gasteiger partial charge on any atom is -0.395 e. The van der Waals surface area contributed by atoms with E-state index in [1.807, 2.05) is 25.1 Å². The van der Waals surface area contributed by atoms with Crippen molar-refractivity contribution in [2.45, 2.75) is 6.92 Å². The first-order chi connectivity index (χ1) is 10.8. The van der Waals surface area contributed by atoms with Crippen LogP contribution in [0.5, 0.6) is 0 Å². The van der Waals surface area contributed by atoms with Gasteiger partial charge in [0.05, 0.1) is 12.3 Å². The molecule has 0 saturated carbocycles. The minimum atomic E-state index is 0.221.